The molecule has 0 fully saturated rings. The van der Waals surface area contributed by atoms with E-state index in [1.165, 1.54) is 0 Å². The molecule has 19 heavy (non-hydrogen) atoms. The van der Waals surface area contributed by atoms with Crippen molar-refractivity contribution < 1.29 is 14.3 Å². The lowest BCUT2D eigenvalue weighted by Crippen LogP contribution is -2.25. The number of hydrogen-bond acceptors (Lipinski definition) is 3. The third-order valence-corrected chi connectivity index (χ3v) is 3.19. The highest BCUT2D eigenvalue weighted by molar-refractivity contribution is 5.89. The molecule has 3 nitrogen and oxygen atoms in total. The highest BCUT2D eigenvalue weighted by Gasteiger charge is 2.25. The molecule has 1 aromatic rings. The molecule has 0 saturated carbocycles. The van der Waals surface area contributed by atoms with E-state index in [-0.39, 0.29) is 12.1 Å². The van der Waals surface area contributed by atoms with Crippen molar-refractivity contribution in [2.45, 2.75) is 38.9 Å². The van der Waals surface area contributed by atoms with Crippen LogP contribution in [0.4, 0.5) is 0 Å². The summed E-state index contributed by atoms with van der Waals surface area (Å²) < 4.78 is 11.0. The van der Waals surface area contributed by atoms with Crippen LogP contribution in [0.5, 0.6) is 0 Å². The third kappa shape index (κ3) is 3.93. The van der Waals surface area contributed by atoms with Crippen LogP contribution >= 0.6 is 0 Å². The zero-order chi connectivity index (χ0) is 13.5. The Labute approximate surface area is 114 Å². The number of rotatable bonds is 5. The minimum absolute atomic E-state index is 0.131. The molecular formula is C16H20O3. The lowest BCUT2D eigenvalue weighted by molar-refractivity contribution is -0.140. The average molecular weight is 260 g/mol. The van der Waals surface area contributed by atoms with Gasteiger partial charge in [0.25, 0.3) is 0 Å². The van der Waals surface area contributed by atoms with Crippen molar-refractivity contribution in [2.75, 3.05) is 6.61 Å². The second-order valence-corrected chi connectivity index (χ2v) is 4.60. The van der Waals surface area contributed by atoms with Gasteiger partial charge in [0.15, 0.2) is 0 Å². The molecule has 1 atom stereocenters. The molecule has 1 aliphatic carbocycles. The van der Waals surface area contributed by atoms with E-state index in [2.05, 4.69) is 0 Å². The van der Waals surface area contributed by atoms with E-state index in [4.69, 9.17) is 9.47 Å². The molecule has 0 radical (unpaired) electrons. The summed E-state index contributed by atoms with van der Waals surface area (Å²) in [5, 5.41) is 0. The summed E-state index contributed by atoms with van der Waals surface area (Å²) in [5.41, 5.74) is 1.81. The standard InChI is InChI=1S/C16H20O3/c1-2-18-16(17)14-10-6-7-11-15(14)19-12-13-8-4-3-5-9-13/h3-5,8-10,15H,2,6-7,11-12H2,1H3. The molecule has 0 N–H and O–H groups in total. The number of esters is 1. The molecule has 0 spiro atoms. The molecule has 1 aromatic carbocycles. The van der Waals surface area contributed by atoms with Gasteiger partial charge in [-0.3, -0.25) is 0 Å². The maximum atomic E-state index is 11.8. The SMILES string of the molecule is CCOC(=O)C1=CCCCC1OCc1ccccc1. The van der Waals surface area contributed by atoms with Crippen LogP contribution in [0.2, 0.25) is 0 Å². The van der Waals surface area contributed by atoms with Gasteiger partial charge in [-0.2, -0.15) is 0 Å². The number of benzene rings is 1. The van der Waals surface area contributed by atoms with Gasteiger partial charge in [-0.05, 0) is 31.7 Å². The predicted octanol–water partition coefficient (Wildman–Crippen LogP) is 3.25. The summed E-state index contributed by atoms with van der Waals surface area (Å²) >= 11 is 0. The Morgan fingerprint density at radius 1 is 1.32 bits per heavy atom. The average Bonchev–Trinajstić information content (AvgIpc) is 2.47. The van der Waals surface area contributed by atoms with Gasteiger partial charge >= 0.3 is 5.97 Å². The fourth-order valence-electron chi connectivity index (χ4n) is 2.22. The van der Waals surface area contributed by atoms with Gasteiger partial charge in [0, 0.05) is 0 Å². The highest BCUT2D eigenvalue weighted by atomic mass is 16.5. The number of allylic oxidation sites excluding steroid dienone is 1. The molecule has 1 aliphatic rings. The second-order valence-electron chi connectivity index (χ2n) is 4.60. The van der Waals surface area contributed by atoms with E-state index in [0.717, 1.165) is 24.8 Å². The smallest absolute Gasteiger partial charge is 0.336 e. The molecule has 0 bridgehead atoms. The van der Waals surface area contributed by atoms with Crippen LogP contribution in [0.3, 0.4) is 0 Å². The molecule has 0 amide bonds. The minimum Gasteiger partial charge on any atom is -0.463 e. The summed E-state index contributed by atoms with van der Waals surface area (Å²) in [6.45, 7) is 2.75. The van der Waals surface area contributed by atoms with Crippen molar-refractivity contribution in [2.24, 2.45) is 0 Å². The lowest BCUT2D eigenvalue weighted by Gasteiger charge is -2.23. The van der Waals surface area contributed by atoms with E-state index >= 15 is 0 Å². The molecule has 2 rings (SSSR count). The summed E-state index contributed by atoms with van der Waals surface area (Å²) in [6, 6.07) is 10.0. The van der Waals surface area contributed by atoms with Crippen LogP contribution in [0.15, 0.2) is 42.0 Å². The first-order valence-electron chi connectivity index (χ1n) is 6.84. The van der Waals surface area contributed by atoms with Gasteiger partial charge in [0.05, 0.1) is 24.9 Å². The number of carbonyl (C=O) groups is 1. The molecule has 3 heteroatoms. The van der Waals surface area contributed by atoms with Crippen molar-refractivity contribution in [3.63, 3.8) is 0 Å². The summed E-state index contributed by atoms with van der Waals surface area (Å²) in [7, 11) is 0. The number of hydrogen-bond donors (Lipinski definition) is 0. The molecule has 0 aliphatic heterocycles. The van der Waals surface area contributed by atoms with Gasteiger partial charge in [0.1, 0.15) is 0 Å². The highest BCUT2D eigenvalue weighted by Crippen LogP contribution is 2.23. The Balaban J connectivity index is 1.96. The Bertz CT molecular complexity index is 437. The zero-order valence-corrected chi connectivity index (χ0v) is 11.3. The molecule has 0 saturated heterocycles. The largest absolute Gasteiger partial charge is 0.463 e. The van der Waals surface area contributed by atoms with Gasteiger partial charge < -0.3 is 9.47 Å². The monoisotopic (exact) mass is 260 g/mol. The van der Waals surface area contributed by atoms with Gasteiger partial charge in [-0.25, -0.2) is 4.79 Å². The van der Waals surface area contributed by atoms with Gasteiger partial charge in [-0.15, -0.1) is 0 Å². The van der Waals surface area contributed by atoms with Crippen LogP contribution in [0.25, 0.3) is 0 Å². The molecular weight excluding hydrogens is 240 g/mol. The second kappa shape index (κ2) is 7.10. The fourth-order valence-corrected chi connectivity index (χ4v) is 2.22. The zero-order valence-electron chi connectivity index (χ0n) is 11.3. The molecule has 0 aromatic heterocycles. The normalized spacial score (nSPS) is 18.8. The quantitative estimate of drug-likeness (QED) is 0.762. The third-order valence-electron chi connectivity index (χ3n) is 3.19. The Morgan fingerprint density at radius 2 is 2.11 bits per heavy atom. The minimum atomic E-state index is -0.236. The van der Waals surface area contributed by atoms with Crippen molar-refractivity contribution >= 4 is 5.97 Å². The van der Waals surface area contributed by atoms with Crippen LogP contribution in [0.1, 0.15) is 31.7 Å². The maximum Gasteiger partial charge on any atom is 0.336 e. The van der Waals surface area contributed by atoms with Crippen molar-refractivity contribution in [3.8, 4) is 0 Å². The molecule has 1 unspecified atom stereocenters. The summed E-state index contributed by atoms with van der Waals surface area (Å²) in [4.78, 5) is 11.8. The topological polar surface area (TPSA) is 35.5 Å². The first-order valence-corrected chi connectivity index (χ1v) is 6.84. The fraction of sp³-hybridized carbons (Fsp3) is 0.438. The van der Waals surface area contributed by atoms with E-state index < -0.39 is 0 Å². The predicted molar refractivity (Wildman–Crippen MR) is 73.6 cm³/mol. The first kappa shape index (κ1) is 13.8. The van der Waals surface area contributed by atoms with Gasteiger partial charge in [-0.1, -0.05) is 36.4 Å². The van der Waals surface area contributed by atoms with Crippen molar-refractivity contribution in [1.29, 1.82) is 0 Å². The van der Waals surface area contributed by atoms with E-state index in [1.54, 1.807) is 0 Å². The first-order chi connectivity index (χ1) is 9.31. The van der Waals surface area contributed by atoms with E-state index in [0.29, 0.717) is 18.8 Å². The van der Waals surface area contributed by atoms with Gasteiger partial charge in [0.2, 0.25) is 0 Å². The number of carbonyl (C=O) groups excluding carboxylic acids is 1. The van der Waals surface area contributed by atoms with Crippen molar-refractivity contribution in [3.05, 3.63) is 47.5 Å². The lowest BCUT2D eigenvalue weighted by atomic mass is 9.96. The van der Waals surface area contributed by atoms with Crippen LogP contribution in [0, 0.1) is 0 Å². The Morgan fingerprint density at radius 3 is 2.84 bits per heavy atom. The van der Waals surface area contributed by atoms with Crippen LogP contribution in [-0.2, 0) is 20.9 Å². The molecule has 102 valence electrons. The number of ether oxygens (including phenoxy) is 2. The Hall–Kier alpha value is -1.61. The van der Waals surface area contributed by atoms with E-state index in [1.807, 2.05) is 43.3 Å². The van der Waals surface area contributed by atoms with Crippen molar-refractivity contribution in [1.82, 2.24) is 0 Å². The summed E-state index contributed by atoms with van der Waals surface area (Å²) in [6.07, 6.45) is 4.70. The van der Waals surface area contributed by atoms with Crippen LogP contribution in [-0.4, -0.2) is 18.7 Å². The van der Waals surface area contributed by atoms with E-state index in [9.17, 15) is 4.79 Å². The Kier molecular flexibility index (Phi) is 5.16. The molecule has 0 heterocycles. The van der Waals surface area contributed by atoms with Crippen LogP contribution < -0.4 is 0 Å². The summed E-state index contributed by atoms with van der Waals surface area (Å²) in [5.74, 6) is -0.236. The maximum absolute atomic E-state index is 11.8.